The van der Waals surface area contributed by atoms with E-state index in [1.165, 1.54) is 49.7 Å². The SMILES string of the molecule is Clc1nc(-c2ccc3ccccc3c2)nc(-c2ccc3ccccc3c2)n1.Clc1nc(-c2ccccc2)nc(-c2cc(-c3ccccc3)cc(-c3ccccc3)c2)n1.Clc1nc(-c2ccccc2)nc(-c2ccc(-c3ccccc3)cc2)n1.Clc1nc(-c2ccccc2)nc(-c2ccc3c(c2)C(c2ccccc2)(c2ccccc2)c2ccccc2-3)n1. The van der Waals surface area contributed by atoms with Crippen molar-refractivity contribution >= 4 is 67.9 Å². The second-order valence-corrected chi connectivity index (χ2v) is 29.8. The summed E-state index contributed by atoms with van der Waals surface area (Å²) in [7, 11) is 0. The van der Waals surface area contributed by atoms with E-state index in [4.69, 9.17) is 56.4 Å². The zero-order valence-corrected chi connectivity index (χ0v) is 67.7. The van der Waals surface area contributed by atoms with Gasteiger partial charge in [-0.3, -0.25) is 0 Å². The van der Waals surface area contributed by atoms with E-state index in [9.17, 15) is 0 Å². The van der Waals surface area contributed by atoms with E-state index in [2.05, 4.69) is 268 Å². The van der Waals surface area contributed by atoms with Crippen LogP contribution in [-0.4, -0.2) is 59.8 Å². The lowest BCUT2D eigenvalue weighted by Gasteiger charge is -2.34. The summed E-state index contributed by atoms with van der Waals surface area (Å²) in [6.07, 6.45) is 0. The van der Waals surface area contributed by atoms with Gasteiger partial charge in [0.1, 0.15) is 0 Å². The van der Waals surface area contributed by atoms with Gasteiger partial charge in [-0.15, -0.1) is 0 Å². The number of nitrogens with zero attached hydrogens (tertiary/aromatic N) is 12. The van der Waals surface area contributed by atoms with Crippen LogP contribution in [0.3, 0.4) is 0 Å². The van der Waals surface area contributed by atoms with Crippen LogP contribution in [0.2, 0.25) is 21.1 Å². The zero-order valence-electron chi connectivity index (χ0n) is 64.6. The van der Waals surface area contributed by atoms with Gasteiger partial charge in [-0.1, -0.05) is 376 Å². The first-order valence-electron chi connectivity index (χ1n) is 39.2. The van der Waals surface area contributed by atoms with E-state index in [1.807, 2.05) is 194 Å². The van der Waals surface area contributed by atoms with Gasteiger partial charge in [-0.2, -0.15) is 39.9 Å². The molecule has 0 saturated heterocycles. The second-order valence-electron chi connectivity index (χ2n) is 28.5. The summed E-state index contributed by atoms with van der Waals surface area (Å²) in [5.41, 5.74) is 20.9. The van der Waals surface area contributed by atoms with Crippen LogP contribution in [0.5, 0.6) is 0 Å². The first-order valence-corrected chi connectivity index (χ1v) is 40.7. The minimum absolute atomic E-state index is 0.176. The number of halogens is 4. The molecule has 0 bridgehead atoms. The largest absolute Gasteiger partial charge is 0.226 e. The van der Waals surface area contributed by atoms with Gasteiger partial charge in [0.2, 0.25) is 21.1 Å². The average molecular weight is 1640 g/mol. The van der Waals surface area contributed by atoms with E-state index >= 15 is 0 Å². The highest BCUT2D eigenvalue weighted by Gasteiger charge is 2.46. The average Bonchev–Trinajstić information content (AvgIpc) is 1.54. The molecular formula is C105H68Cl4N12. The van der Waals surface area contributed by atoms with Crippen molar-refractivity contribution in [3.8, 4) is 136 Å². The fourth-order valence-corrected chi connectivity index (χ4v) is 15.9. The maximum atomic E-state index is 6.43. The predicted octanol–water partition coefficient (Wildman–Crippen LogP) is 27.1. The molecule has 0 unspecified atom stereocenters. The van der Waals surface area contributed by atoms with Crippen molar-refractivity contribution in [1.82, 2.24) is 59.8 Å². The number of benzene rings is 16. The Morgan fingerprint density at radius 3 is 0.769 bits per heavy atom. The third-order valence-corrected chi connectivity index (χ3v) is 21.6. The van der Waals surface area contributed by atoms with Crippen LogP contribution >= 0.6 is 46.4 Å². The summed E-state index contributed by atoms with van der Waals surface area (Å²) in [5.74, 6) is 4.50. The summed E-state index contributed by atoms with van der Waals surface area (Å²) in [4.78, 5) is 53.7. The molecule has 0 radical (unpaired) electrons. The van der Waals surface area contributed by atoms with Gasteiger partial charge in [-0.05, 0) is 171 Å². The summed E-state index contributed by atoms with van der Waals surface area (Å²) in [6, 6.07) is 140. The number of aromatic nitrogens is 12. The van der Waals surface area contributed by atoms with Crippen LogP contribution in [0.4, 0.5) is 0 Å². The Kier molecular flexibility index (Phi) is 22.8. The van der Waals surface area contributed by atoms with Crippen molar-refractivity contribution in [2.45, 2.75) is 5.41 Å². The lowest BCUT2D eigenvalue weighted by Crippen LogP contribution is -2.28. The summed E-state index contributed by atoms with van der Waals surface area (Å²) >= 11 is 25.1. The number of hydrogen-bond acceptors (Lipinski definition) is 12. The number of rotatable bonds is 13. The smallest absolute Gasteiger partial charge is 0.208 e. The van der Waals surface area contributed by atoms with E-state index in [0.717, 1.165) is 83.1 Å². The molecule has 0 atom stereocenters. The third-order valence-electron chi connectivity index (χ3n) is 20.9. The fourth-order valence-electron chi connectivity index (χ4n) is 15.2. The monoisotopic (exact) mass is 1640 g/mol. The third kappa shape index (κ3) is 17.2. The molecule has 1 aliphatic carbocycles. The van der Waals surface area contributed by atoms with Gasteiger partial charge in [0.05, 0.1) is 5.41 Å². The minimum atomic E-state index is -0.483. The molecule has 0 spiro atoms. The Morgan fingerprint density at radius 2 is 0.388 bits per heavy atom. The van der Waals surface area contributed by atoms with E-state index in [-0.39, 0.29) is 21.1 Å². The summed E-state index contributed by atoms with van der Waals surface area (Å²) in [6.45, 7) is 0. The van der Waals surface area contributed by atoms with E-state index in [1.54, 1.807) is 0 Å². The molecular weight excluding hydrogens is 1570 g/mol. The van der Waals surface area contributed by atoms with Crippen molar-refractivity contribution in [1.29, 1.82) is 0 Å². The number of hydrogen-bond donors (Lipinski definition) is 0. The van der Waals surface area contributed by atoms with Crippen LogP contribution in [0.1, 0.15) is 22.3 Å². The Hall–Kier alpha value is -14.8. The standard InChI is InChI=1S/C34H22ClN3.C27H18ClN3.C23H14ClN3.C21H14ClN3/c35-33-37-31(23-12-4-1-5-13-23)36-32(38-33)24-20-21-28-27-18-10-11-19-29(27)34(30(28)22-24,25-14-6-2-7-15-25)26-16-8-3-9-17-26;28-27-30-25(21-14-8-3-9-15-21)29-26(31-27)24-17-22(19-10-4-1-5-11-19)16-23(18-24)20-12-6-2-7-13-20;24-23-26-21(19-11-9-15-5-1-3-7-17(15)13-19)25-22(27-23)20-12-10-16-6-2-4-8-18(16)14-20;22-21-24-19(17-9-5-2-6-10-17)23-20(25-21)18-13-11-16(12-14-18)15-7-3-1-4-8-15/h1-22H;1-18H;1-14H;1-14H. The second kappa shape index (κ2) is 35.6. The molecule has 1 aliphatic rings. The van der Waals surface area contributed by atoms with Crippen molar-refractivity contribution in [2.75, 3.05) is 0 Å². The van der Waals surface area contributed by atoms with Crippen LogP contribution in [0.25, 0.3) is 157 Å². The van der Waals surface area contributed by atoms with Gasteiger partial charge in [0, 0.05) is 44.5 Å². The Morgan fingerprint density at radius 1 is 0.149 bits per heavy atom. The van der Waals surface area contributed by atoms with Crippen molar-refractivity contribution in [3.05, 3.63) is 456 Å². The zero-order chi connectivity index (χ0) is 81.9. The fraction of sp³-hybridized carbons (Fsp3) is 0.00952. The van der Waals surface area contributed by atoms with Gasteiger partial charge in [0.15, 0.2) is 46.6 Å². The molecule has 16 heteroatoms. The maximum absolute atomic E-state index is 6.43. The van der Waals surface area contributed by atoms with E-state index < -0.39 is 5.41 Å². The molecule has 576 valence electrons. The van der Waals surface area contributed by atoms with Crippen molar-refractivity contribution in [2.24, 2.45) is 0 Å². The molecule has 0 fully saturated rings. The van der Waals surface area contributed by atoms with Crippen LogP contribution < -0.4 is 0 Å². The minimum Gasteiger partial charge on any atom is -0.208 e. The molecule has 12 nitrogen and oxygen atoms in total. The van der Waals surface area contributed by atoms with Crippen molar-refractivity contribution < 1.29 is 0 Å². The Bertz CT molecular complexity index is 6860. The van der Waals surface area contributed by atoms with Gasteiger partial charge in [-0.25, -0.2) is 19.9 Å². The maximum Gasteiger partial charge on any atom is 0.226 e. The highest BCUT2D eigenvalue weighted by molar-refractivity contribution is 6.29. The molecule has 4 aromatic heterocycles. The molecule has 121 heavy (non-hydrogen) atoms. The molecule has 21 rings (SSSR count). The Balaban J connectivity index is 0.000000112. The molecule has 20 aromatic rings. The van der Waals surface area contributed by atoms with Crippen LogP contribution in [-0.2, 0) is 5.41 Å². The first-order chi connectivity index (χ1) is 59.6. The highest BCUT2D eigenvalue weighted by atomic mass is 35.5. The summed E-state index contributed by atoms with van der Waals surface area (Å²) < 4.78 is 0. The normalized spacial score (nSPS) is 11.5. The molecule has 0 saturated carbocycles. The van der Waals surface area contributed by atoms with Crippen LogP contribution in [0, 0.1) is 0 Å². The molecule has 0 amide bonds. The van der Waals surface area contributed by atoms with Gasteiger partial charge in [0.25, 0.3) is 0 Å². The number of fused-ring (bicyclic) bond motifs is 5. The van der Waals surface area contributed by atoms with Gasteiger partial charge >= 0.3 is 0 Å². The first kappa shape index (κ1) is 77.5. The topological polar surface area (TPSA) is 155 Å². The molecule has 0 aliphatic heterocycles. The molecule has 0 N–H and O–H groups in total. The molecule has 4 heterocycles. The molecule has 16 aromatic carbocycles. The van der Waals surface area contributed by atoms with E-state index in [0.29, 0.717) is 46.6 Å². The van der Waals surface area contributed by atoms with Crippen LogP contribution in [0.15, 0.2) is 413 Å². The predicted molar refractivity (Wildman–Crippen MR) is 491 cm³/mol. The quantitative estimate of drug-likeness (QED) is 0.108. The summed E-state index contributed by atoms with van der Waals surface area (Å²) in [5, 5.41) is 5.36. The van der Waals surface area contributed by atoms with Gasteiger partial charge < -0.3 is 0 Å². The lowest BCUT2D eigenvalue weighted by molar-refractivity contribution is 0.768. The highest BCUT2D eigenvalue weighted by Crippen LogP contribution is 2.57. The van der Waals surface area contributed by atoms with Crippen molar-refractivity contribution in [3.63, 3.8) is 0 Å². The lowest BCUT2D eigenvalue weighted by atomic mass is 9.67. The Labute approximate surface area is 719 Å².